The van der Waals surface area contributed by atoms with Crippen LogP contribution in [0.15, 0.2) is 0 Å². The van der Waals surface area contributed by atoms with E-state index in [0.717, 1.165) is 12.8 Å². The zero-order valence-corrected chi connectivity index (χ0v) is 11.6. The molecule has 2 rings (SSSR count). The first-order valence-corrected chi connectivity index (χ1v) is 7.01. The minimum Gasteiger partial charge on any atom is -0.481 e. The summed E-state index contributed by atoms with van der Waals surface area (Å²) in [6.45, 7) is 2.29. The Morgan fingerprint density at radius 2 is 2.05 bits per heavy atom. The van der Waals surface area contributed by atoms with Gasteiger partial charge in [0.25, 0.3) is 0 Å². The molecule has 7 nitrogen and oxygen atoms in total. The van der Waals surface area contributed by atoms with Crippen LogP contribution in [0.25, 0.3) is 0 Å². The maximum Gasteiger partial charge on any atom is 0.315 e. The van der Waals surface area contributed by atoms with E-state index in [1.807, 2.05) is 0 Å². The van der Waals surface area contributed by atoms with Crippen molar-refractivity contribution in [2.75, 3.05) is 6.54 Å². The van der Waals surface area contributed by atoms with E-state index in [4.69, 9.17) is 0 Å². The van der Waals surface area contributed by atoms with Gasteiger partial charge in [0, 0.05) is 12.6 Å². The van der Waals surface area contributed by atoms with E-state index < -0.39 is 29.5 Å². The minimum atomic E-state index is -0.924. The molecule has 0 aromatic carbocycles. The lowest BCUT2D eigenvalue weighted by Gasteiger charge is -2.29. The van der Waals surface area contributed by atoms with Gasteiger partial charge >= 0.3 is 12.0 Å². The van der Waals surface area contributed by atoms with Gasteiger partial charge in [-0.05, 0) is 32.6 Å². The molecule has 0 spiro atoms. The molecule has 7 heteroatoms. The van der Waals surface area contributed by atoms with Crippen LogP contribution in [0.3, 0.4) is 0 Å². The van der Waals surface area contributed by atoms with Crippen LogP contribution in [0.2, 0.25) is 0 Å². The number of hydrogen-bond donors (Lipinski definition) is 4. The van der Waals surface area contributed by atoms with E-state index in [-0.39, 0.29) is 5.91 Å². The monoisotopic (exact) mass is 283 g/mol. The fraction of sp³-hybridized carbons (Fsp3) is 0.769. The number of hydrogen-bond acceptors (Lipinski definition) is 3. The molecule has 3 amide bonds. The summed E-state index contributed by atoms with van der Waals surface area (Å²) in [6.07, 6.45) is 3.41. The molecular weight excluding hydrogens is 262 g/mol. The summed E-state index contributed by atoms with van der Waals surface area (Å²) in [6, 6.07) is -1.39. The van der Waals surface area contributed by atoms with Gasteiger partial charge in [0.1, 0.15) is 6.04 Å². The van der Waals surface area contributed by atoms with Crippen molar-refractivity contribution >= 4 is 17.9 Å². The Balaban J connectivity index is 1.91. The Labute approximate surface area is 117 Å². The number of carbonyl (C=O) groups excluding carboxylic acids is 2. The first-order chi connectivity index (χ1) is 9.43. The molecule has 3 unspecified atom stereocenters. The van der Waals surface area contributed by atoms with Crippen molar-refractivity contribution in [1.82, 2.24) is 16.0 Å². The highest BCUT2D eigenvalue weighted by Crippen LogP contribution is 2.38. The minimum absolute atomic E-state index is 0.182. The molecule has 1 aliphatic heterocycles. The number of nitrogens with one attached hydrogen (secondary N) is 3. The molecule has 1 heterocycles. The highest BCUT2D eigenvalue weighted by Gasteiger charge is 2.46. The molecule has 0 radical (unpaired) electrons. The van der Waals surface area contributed by atoms with Crippen molar-refractivity contribution in [3.63, 3.8) is 0 Å². The predicted octanol–water partition coefficient (Wildman–Crippen LogP) is 0.208. The normalized spacial score (nSPS) is 33.4. The molecule has 3 atom stereocenters. The van der Waals surface area contributed by atoms with Gasteiger partial charge < -0.3 is 21.1 Å². The summed E-state index contributed by atoms with van der Waals surface area (Å²) in [5.41, 5.74) is -0.924. The average Bonchev–Trinajstić information content (AvgIpc) is 2.75. The van der Waals surface area contributed by atoms with Crippen LogP contribution in [0.4, 0.5) is 4.79 Å². The van der Waals surface area contributed by atoms with E-state index in [9.17, 15) is 19.5 Å². The predicted molar refractivity (Wildman–Crippen MR) is 71.1 cm³/mol. The highest BCUT2D eigenvalue weighted by molar-refractivity contribution is 5.88. The molecular formula is C13H21N3O4. The summed E-state index contributed by atoms with van der Waals surface area (Å²) in [7, 11) is 0. The molecule has 4 N–H and O–H groups in total. The van der Waals surface area contributed by atoms with Gasteiger partial charge in [0.05, 0.1) is 5.41 Å². The van der Waals surface area contributed by atoms with Crippen molar-refractivity contribution in [2.24, 2.45) is 5.41 Å². The van der Waals surface area contributed by atoms with Gasteiger partial charge in [0.2, 0.25) is 5.91 Å². The number of carbonyl (C=O) groups is 3. The third-order valence-corrected chi connectivity index (χ3v) is 4.34. The van der Waals surface area contributed by atoms with Gasteiger partial charge in [-0.1, -0.05) is 6.42 Å². The number of rotatable bonds is 3. The lowest BCUT2D eigenvalue weighted by molar-refractivity contribution is -0.148. The Morgan fingerprint density at radius 1 is 1.30 bits per heavy atom. The highest BCUT2D eigenvalue weighted by atomic mass is 16.4. The SMILES string of the molecule is CC1(C(=O)O)CCCC1NC(=O)NC1CCCNC1=O. The van der Waals surface area contributed by atoms with Crippen molar-refractivity contribution in [2.45, 2.75) is 51.1 Å². The molecule has 2 aliphatic rings. The molecule has 20 heavy (non-hydrogen) atoms. The van der Waals surface area contributed by atoms with E-state index in [0.29, 0.717) is 25.8 Å². The quantitative estimate of drug-likeness (QED) is 0.593. The maximum absolute atomic E-state index is 11.9. The zero-order chi connectivity index (χ0) is 14.8. The Hall–Kier alpha value is -1.79. The van der Waals surface area contributed by atoms with Gasteiger partial charge in [-0.2, -0.15) is 0 Å². The van der Waals surface area contributed by atoms with Crippen LogP contribution in [-0.4, -0.2) is 41.6 Å². The van der Waals surface area contributed by atoms with Gasteiger partial charge in [-0.25, -0.2) is 4.79 Å². The molecule has 1 aliphatic carbocycles. The smallest absolute Gasteiger partial charge is 0.315 e. The van der Waals surface area contributed by atoms with Crippen molar-refractivity contribution in [1.29, 1.82) is 0 Å². The van der Waals surface area contributed by atoms with Crippen molar-refractivity contribution in [3.8, 4) is 0 Å². The number of carboxylic acids is 1. The number of amides is 3. The standard InChI is InChI=1S/C13H21N3O4/c1-13(11(18)19)6-2-5-9(13)16-12(20)15-8-4-3-7-14-10(8)17/h8-9H,2-7H2,1H3,(H,14,17)(H,18,19)(H2,15,16,20). The molecule has 0 aromatic heterocycles. The molecule has 112 valence electrons. The molecule has 0 aromatic rings. The third kappa shape index (κ3) is 2.86. The summed E-state index contributed by atoms with van der Waals surface area (Å²) in [5, 5.41) is 17.3. The summed E-state index contributed by atoms with van der Waals surface area (Å²) < 4.78 is 0. The van der Waals surface area contributed by atoms with Crippen LogP contribution in [0.5, 0.6) is 0 Å². The molecule has 1 saturated heterocycles. The van der Waals surface area contributed by atoms with E-state index in [2.05, 4.69) is 16.0 Å². The second-order valence-electron chi connectivity index (χ2n) is 5.77. The summed E-state index contributed by atoms with van der Waals surface area (Å²) in [4.78, 5) is 34.8. The van der Waals surface area contributed by atoms with E-state index in [1.165, 1.54) is 0 Å². The van der Waals surface area contributed by atoms with Crippen molar-refractivity contribution < 1.29 is 19.5 Å². The third-order valence-electron chi connectivity index (χ3n) is 4.34. The lowest BCUT2D eigenvalue weighted by Crippen LogP contribution is -2.56. The zero-order valence-electron chi connectivity index (χ0n) is 11.6. The van der Waals surface area contributed by atoms with Crippen LogP contribution in [0.1, 0.15) is 39.0 Å². The molecule has 1 saturated carbocycles. The van der Waals surface area contributed by atoms with Gasteiger partial charge in [-0.15, -0.1) is 0 Å². The lowest BCUT2D eigenvalue weighted by atomic mass is 9.85. The average molecular weight is 283 g/mol. The largest absolute Gasteiger partial charge is 0.481 e. The number of carboxylic acid groups (broad SMARTS) is 1. The Bertz CT molecular complexity index is 426. The fourth-order valence-corrected chi connectivity index (χ4v) is 2.92. The van der Waals surface area contributed by atoms with Crippen LogP contribution in [-0.2, 0) is 9.59 Å². The number of piperidine rings is 1. The Kier molecular flexibility index (Phi) is 4.15. The molecule has 2 fully saturated rings. The molecule has 0 bridgehead atoms. The summed E-state index contributed by atoms with van der Waals surface area (Å²) in [5.74, 6) is -1.07. The van der Waals surface area contributed by atoms with Crippen LogP contribution < -0.4 is 16.0 Å². The van der Waals surface area contributed by atoms with E-state index in [1.54, 1.807) is 6.92 Å². The summed E-state index contributed by atoms with van der Waals surface area (Å²) >= 11 is 0. The topological polar surface area (TPSA) is 108 Å². The van der Waals surface area contributed by atoms with Gasteiger partial charge in [-0.3, -0.25) is 9.59 Å². The number of aliphatic carboxylic acids is 1. The maximum atomic E-state index is 11.9. The van der Waals surface area contributed by atoms with Crippen molar-refractivity contribution in [3.05, 3.63) is 0 Å². The second-order valence-corrected chi connectivity index (χ2v) is 5.77. The van der Waals surface area contributed by atoms with E-state index >= 15 is 0 Å². The van der Waals surface area contributed by atoms with Crippen LogP contribution in [0, 0.1) is 5.41 Å². The van der Waals surface area contributed by atoms with Crippen LogP contribution >= 0.6 is 0 Å². The second kappa shape index (κ2) is 5.68. The first kappa shape index (κ1) is 14.6. The Morgan fingerprint density at radius 3 is 2.70 bits per heavy atom. The number of urea groups is 1. The van der Waals surface area contributed by atoms with Gasteiger partial charge in [0.15, 0.2) is 0 Å². The first-order valence-electron chi connectivity index (χ1n) is 7.01. The fourth-order valence-electron chi connectivity index (χ4n) is 2.92.